The fourth-order valence-electron chi connectivity index (χ4n) is 1.81. The molecule has 3 nitrogen and oxygen atoms in total. The van der Waals surface area contributed by atoms with Gasteiger partial charge in [-0.05, 0) is 11.8 Å². The van der Waals surface area contributed by atoms with E-state index in [1.807, 2.05) is 31.2 Å². The van der Waals surface area contributed by atoms with Gasteiger partial charge in [-0.1, -0.05) is 31.2 Å². The van der Waals surface area contributed by atoms with Crippen molar-refractivity contribution in [2.75, 3.05) is 0 Å². The van der Waals surface area contributed by atoms with Crippen molar-refractivity contribution in [1.29, 1.82) is 0 Å². The molecule has 1 heterocycles. The van der Waals surface area contributed by atoms with Crippen LogP contribution in [0.25, 0.3) is 10.8 Å². The zero-order chi connectivity index (χ0) is 11.5. The van der Waals surface area contributed by atoms with Crippen molar-refractivity contribution in [2.24, 2.45) is 0 Å². The molecular weight excluding hydrogens is 202 g/mol. The number of aliphatic hydroxyl groups is 2. The summed E-state index contributed by atoms with van der Waals surface area (Å²) in [4.78, 5) is 4.08. The Morgan fingerprint density at radius 1 is 1.19 bits per heavy atom. The molecule has 0 fully saturated rings. The summed E-state index contributed by atoms with van der Waals surface area (Å²) < 4.78 is 0. The van der Waals surface area contributed by atoms with Crippen LogP contribution in [0.2, 0.25) is 0 Å². The molecule has 0 aliphatic rings. The molecule has 2 atom stereocenters. The number of hydrogen-bond donors (Lipinski definition) is 2. The largest absolute Gasteiger partial charge is 0.390 e. The summed E-state index contributed by atoms with van der Waals surface area (Å²) in [5.41, 5.74) is 0.687. The maximum Gasteiger partial charge on any atom is 0.107 e. The van der Waals surface area contributed by atoms with E-state index in [1.165, 1.54) is 0 Å². The molecule has 1 aromatic carbocycles. The Bertz CT molecular complexity index is 479. The number of benzene rings is 1. The van der Waals surface area contributed by atoms with E-state index in [2.05, 4.69) is 4.98 Å². The minimum atomic E-state index is -0.872. The molecule has 0 saturated heterocycles. The molecule has 0 aliphatic carbocycles. The van der Waals surface area contributed by atoms with E-state index in [1.54, 1.807) is 12.4 Å². The Kier molecular flexibility index (Phi) is 3.17. The third-order valence-electron chi connectivity index (χ3n) is 2.80. The third-order valence-corrected chi connectivity index (χ3v) is 2.80. The van der Waals surface area contributed by atoms with E-state index in [-0.39, 0.29) is 0 Å². The van der Waals surface area contributed by atoms with Crippen LogP contribution in [0.1, 0.15) is 25.0 Å². The van der Waals surface area contributed by atoms with Crippen molar-refractivity contribution in [3.8, 4) is 0 Å². The normalized spacial score (nSPS) is 14.9. The molecule has 3 heteroatoms. The minimum absolute atomic E-state index is 0.518. The van der Waals surface area contributed by atoms with E-state index >= 15 is 0 Å². The van der Waals surface area contributed by atoms with Gasteiger partial charge in [-0.3, -0.25) is 4.98 Å². The third kappa shape index (κ3) is 1.92. The lowest BCUT2D eigenvalue weighted by Crippen LogP contribution is -2.17. The average Bonchev–Trinajstić information content (AvgIpc) is 2.36. The second kappa shape index (κ2) is 4.60. The van der Waals surface area contributed by atoms with Crippen LogP contribution < -0.4 is 0 Å². The van der Waals surface area contributed by atoms with Gasteiger partial charge in [0.2, 0.25) is 0 Å². The van der Waals surface area contributed by atoms with Crippen LogP contribution in [0.5, 0.6) is 0 Å². The SMILES string of the molecule is CCC(O)C(O)c1cncc2ccccc12. The predicted molar refractivity (Wildman–Crippen MR) is 63.0 cm³/mol. The number of aliphatic hydroxyl groups excluding tert-OH is 2. The Hall–Kier alpha value is -1.45. The highest BCUT2D eigenvalue weighted by Gasteiger charge is 2.18. The van der Waals surface area contributed by atoms with E-state index in [4.69, 9.17) is 0 Å². The molecule has 84 valence electrons. The summed E-state index contributed by atoms with van der Waals surface area (Å²) in [5, 5.41) is 21.6. The predicted octanol–water partition coefficient (Wildman–Crippen LogP) is 2.04. The first-order valence-corrected chi connectivity index (χ1v) is 5.42. The highest BCUT2D eigenvalue weighted by molar-refractivity contribution is 5.84. The van der Waals surface area contributed by atoms with Crippen LogP contribution in [0.15, 0.2) is 36.7 Å². The highest BCUT2D eigenvalue weighted by atomic mass is 16.3. The van der Waals surface area contributed by atoms with Crippen molar-refractivity contribution < 1.29 is 10.2 Å². The minimum Gasteiger partial charge on any atom is -0.390 e. The maximum absolute atomic E-state index is 10.00. The molecule has 0 aliphatic heterocycles. The summed E-state index contributed by atoms with van der Waals surface area (Å²) >= 11 is 0. The summed E-state index contributed by atoms with van der Waals surface area (Å²) in [6.45, 7) is 1.84. The molecule has 0 radical (unpaired) electrons. The Balaban J connectivity index is 2.52. The van der Waals surface area contributed by atoms with Gasteiger partial charge in [-0.2, -0.15) is 0 Å². The van der Waals surface area contributed by atoms with Crippen LogP contribution in [-0.4, -0.2) is 21.3 Å². The monoisotopic (exact) mass is 217 g/mol. The first-order valence-electron chi connectivity index (χ1n) is 5.42. The second-order valence-electron chi connectivity index (χ2n) is 3.87. The lowest BCUT2D eigenvalue weighted by molar-refractivity contribution is 0.0171. The van der Waals surface area contributed by atoms with Crippen LogP contribution >= 0.6 is 0 Å². The lowest BCUT2D eigenvalue weighted by atomic mass is 9.99. The summed E-state index contributed by atoms with van der Waals surface area (Å²) in [6, 6.07) is 7.71. The van der Waals surface area contributed by atoms with Crippen molar-refractivity contribution in [3.05, 3.63) is 42.2 Å². The molecule has 2 unspecified atom stereocenters. The van der Waals surface area contributed by atoms with Crippen molar-refractivity contribution in [2.45, 2.75) is 25.6 Å². The zero-order valence-electron chi connectivity index (χ0n) is 9.17. The summed E-state index contributed by atoms with van der Waals surface area (Å²) in [6.07, 6.45) is 2.27. The van der Waals surface area contributed by atoms with Crippen LogP contribution in [-0.2, 0) is 0 Å². The number of aromatic nitrogens is 1. The number of nitrogens with zero attached hydrogens (tertiary/aromatic N) is 1. The van der Waals surface area contributed by atoms with Gasteiger partial charge >= 0.3 is 0 Å². The molecule has 16 heavy (non-hydrogen) atoms. The van der Waals surface area contributed by atoms with Gasteiger partial charge < -0.3 is 10.2 Å². The van der Waals surface area contributed by atoms with E-state index < -0.39 is 12.2 Å². The van der Waals surface area contributed by atoms with Gasteiger partial charge in [0.1, 0.15) is 6.10 Å². The Morgan fingerprint density at radius 2 is 1.94 bits per heavy atom. The van der Waals surface area contributed by atoms with Crippen molar-refractivity contribution >= 4 is 10.8 Å². The quantitative estimate of drug-likeness (QED) is 0.827. The molecule has 1 aromatic heterocycles. The van der Waals surface area contributed by atoms with E-state index in [9.17, 15) is 10.2 Å². The smallest absolute Gasteiger partial charge is 0.107 e. The fourth-order valence-corrected chi connectivity index (χ4v) is 1.81. The first-order chi connectivity index (χ1) is 7.74. The van der Waals surface area contributed by atoms with E-state index in [0.29, 0.717) is 12.0 Å². The van der Waals surface area contributed by atoms with Gasteiger partial charge in [0.15, 0.2) is 0 Å². The van der Waals surface area contributed by atoms with Gasteiger partial charge in [0.05, 0.1) is 6.10 Å². The topological polar surface area (TPSA) is 53.4 Å². The van der Waals surface area contributed by atoms with Crippen LogP contribution in [0.3, 0.4) is 0 Å². The molecule has 0 spiro atoms. The Labute approximate surface area is 94.4 Å². The van der Waals surface area contributed by atoms with Crippen molar-refractivity contribution in [1.82, 2.24) is 4.98 Å². The number of hydrogen-bond acceptors (Lipinski definition) is 3. The number of pyridine rings is 1. The summed E-state index contributed by atoms with van der Waals surface area (Å²) in [7, 11) is 0. The first kappa shape index (κ1) is 11.0. The summed E-state index contributed by atoms with van der Waals surface area (Å²) in [5.74, 6) is 0. The van der Waals surface area contributed by atoms with E-state index in [0.717, 1.165) is 10.8 Å². The van der Waals surface area contributed by atoms with Gasteiger partial charge in [-0.15, -0.1) is 0 Å². The average molecular weight is 217 g/mol. The molecule has 0 saturated carbocycles. The maximum atomic E-state index is 10.00. The second-order valence-corrected chi connectivity index (χ2v) is 3.87. The molecule has 0 bridgehead atoms. The molecule has 2 aromatic rings. The fraction of sp³-hybridized carbons (Fsp3) is 0.308. The standard InChI is InChI=1S/C13H15NO2/c1-2-12(15)13(16)11-8-14-7-9-5-3-4-6-10(9)11/h3-8,12-13,15-16H,2H2,1H3. The number of fused-ring (bicyclic) bond motifs is 1. The Morgan fingerprint density at radius 3 is 2.69 bits per heavy atom. The molecule has 2 rings (SSSR count). The molecular formula is C13H15NO2. The van der Waals surface area contributed by atoms with Gasteiger partial charge in [-0.25, -0.2) is 0 Å². The van der Waals surface area contributed by atoms with Crippen LogP contribution in [0, 0.1) is 0 Å². The highest BCUT2D eigenvalue weighted by Crippen LogP contribution is 2.25. The molecule has 2 N–H and O–H groups in total. The van der Waals surface area contributed by atoms with Gasteiger partial charge in [0, 0.05) is 23.3 Å². The van der Waals surface area contributed by atoms with Gasteiger partial charge in [0.25, 0.3) is 0 Å². The number of rotatable bonds is 3. The zero-order valence-corrected chi connectivity index (χ0v) is 9.17. The van der Waals surface area contributed by atoms with Crippen molar-refractivity contribution in [3.63, 3.8) is 0 Å². The lowest BCUT2D eigenvalue weighted by Gasteiger charge is -2.17. The van der Waals surface area contributed by atoms with Crippen LogP contribution in [0.4, 0.5) is 0 Å². The molecule has 0 amide bonds.